The van der Waals surface area contributed by atoms with Gasteiger partial charge in [-0.25, -0.2) is 0 Å². The molecule has 0 atom stereocenters. The third-order valence-corrected chi connectivity index (χ3v) is 4.86. The second-order valence-electron chi connectivity index (χ2n) is 5.82. The highest BCUT2D eigenvalue weighted by molar-refractivity contribution is 7.80. The lowest BCUT2D eigenvalue weighted by atomic mass is 10.2. The average molecular weight is 314 g/mol. The first-order chi connectivity index (χ1) is 10.6. The lowest BCUT2D eigenvalue weighted by molar-refractivity contribution is 0.414. The Balaban J connectivity index is 1.96. The number of nitrogens with zero attached hydrogens (tertiary/aromatic N) is 2. The van der Waals surface area contributed by atoms with E-state index in [-0.39, 0.29) is 0 Å². The van der Waals surface area contributed by atoms with Crippen molar-refractivity contribution in [1.29, 1.82) is 0 Å². The molecule has 0 unspecified atom stereocenters. The van der Waals surface area contributed by atoms with Crippen LogP contribution in [0, 0.1) is 13.8 Å². The Morgan fingerprint density at radius 3 is 2.32 bits per heavy atom. The molecule has 2 aromatic rings. The van der Waals surface area contributed by atoms with Crippen LogP contribution < -0.4 is 4.74 Å². The van der Waals surface area contributed by atoms with Crippen molar-refractivity contribution < 1.29 is 4.74 Å². The van der Waals surface area contributed by atoms with Crippen molar-refractivity contribution in [3.05, 3.63) is 47.3 Å². The molecule has 3 rings (SSSR count). The van der Waals surface area contributed by atoms with E-state index < -0.39 is 0 Å². The first kappa shape index (κ1) is 15.1. The van der Waals surface area contributed by atoms with E-state index in [0.29, 0.717) is 0 Å². The fourth-order valence-electron chi connectivity index (χ4n) is 3.20. The maximum absolute atomic E-state index is 5.72. The molecule has 4 heteroatoms. The van der Waals surface area contributed by atoms with Gasteiger partial charge in [0.2, 0.25) is 0 Å². The van der Waals surface area contributed by atoms with E-state index in [1.807, 2.05) is 12.1 Å². The molecule has 3 nitrogen and oxygen atoms in total. The zero-order chi connectivity index (χ0) is 15.7. The molecule has 0 amide bonds. The highest BCUT2D eigenvalue weighted by Crippen LogP contribution is 2.25. The van der Waals surface area contributed by atoms with E-state index in [0.717, 1.165) is 29.5 Å². The largest absolute Gasteiger partial charge is 0.497 e. The number of rotatable bonds is 3. The van der Waals surface area contributed by atoms with Gasteiger partial charge in [0.05, 0.1) is 7.11 Å². The summed E-state index contributed by atoms with van der Waals surface area (Å²) >= 11 is 5.72. The Bertz CT molecular complexity index is 682. The Labute approximate surface area is 137 Å². The summed E-state index contributed by atoms with van der Waals surface area (Å²) in [5, 5.41) is 0. The number of aromatic nitrogens is 1. The Morgan fingerprint density at radius 1 is 1.09 bits per heavy atom. The molecule has 116 valence electrons. The van der Waals surface area contributed by atoms with Gasteiger partial charge < -0.3 is 14.2 Å². The molecule has 1 aliphatic rings. The van der Waals surface area contributed by atoms with Gasteiger partial charge in [-0.3, -0.25) is 0 Å². The first-order valence-corrected chi connectivity index (χ1v) is 8.15. The minimum Gasteiger partial charge on any atom is -0.497 e. The lowest BCUT2D eigenvalue weighted by Crippen LogP contribution is -2.27. The Kier molecular flexibility index (Phi) is 4.21. The van der Waals surface area contributed by atoms with E-state index in [9.17, 15) is 0 Å². The SMILES string of the molecule is COc1ccc(-n2c(C)cc(C(=S)N3CCCC3)c2C)cc1. The minimum atomic E-state index is 0.874. The third kappa shape index (κ3) is 2.63. The minimum absolute atomic E-state index is 0.874. The topological polar surface area (TPSA) is 17.4 Å². The first-order valence-electron chi connectivity index (χ1n) is 7.74. The van der Waals surface area contributed by atoms with Gasteiger partial charge in [0.15, 0.2) is 0 Å². The van der Waals surface area contributed by atoms with Gasteiger partial charge in [-0.2, -0.15) is 0 Å². The smallest absolute Gasteiger partial charge is 0.119 e. The van der Waals surface area contributed by atoms with E-state index >= 15 is 0 Å². The van der Waals surface area contributed by atoms with Gasteiger partial charge in [0, 0.05) is 35.7 Å². The van der Waals surface area contributed by atoms with Crippen LogP contribution in [-0.2, 0) is 0 Å². The monoisotopic (exact) mass is 314 g/mol. The van der Waals surface area contributed by atoms with E-state index in [1.54, 1.807) is 7.11 Å². The number of thiocarbonyl (C=S) groups is 1. The van der Waals surface area contributed by atoms with Crippen LogP contribution in [0.15, 0.2) is 30.3 Å². The molecule has 0 saturated carbocycles. The third-order valence-electron chi connectivity index (χ3n) is 4.39. The Morgan fingerprint density at radius 2 is 1.73 bits per heavy atom. The number of hydrogen-bond donors (Lipinski definition) is 0. The van der Waals surface area contributed by atoms with Crippen LogP contribution in [0.4, 0.5) is 0 Å². The molecule has 0 aliphatic carbocycles. The molecule has 0 N–H and O–H groups in total. The summed E-state index contributed by atoms with van der Waals surface area (Å²) in [6, 6.07) is 10.4. The summed E-state index contributed by atoms with van der Waals surface area (Å²) in [5.74, 6) is 0.874. The molecule has 22 heavy (non-hydrogen) atoms. The quantitative estimate of drug-likeness (QED) is 0.801. The van der Waals surface area contributed by atoms with Crippen LogP contribution in [0.1, 0.15) is 29.8 Å². The standard InChI is InChI=1S/C18H22N2OS/c1-13-12-17(18(22)19-10-4-5-11-19)14(2)20(13)15-6-8-16(21-3)9-7-15/h6-9,12H,4-5,10-11H2,1-3H3. The summed E-state index contributed by atoms with van der Waals surface area (Å²) in [6.45, 7) is 6.46. The van der Waals surface area contributed by atoms with Crippen LogP contribution in [0.25, 0.3) is 5.69 Å². The van der Waals surface area contributed by atoms with Crippen molar-refractivity contribution >= 4 is 17.2 Å². The maximum atomic E-state index is 5.72. The molecule has 1 aromatic carbocycles. The maximum Gasteiger partial charge on any atom is 0.119 e. The fraction of sp³-hybridized carbons (Fsp3) is 0.389. The molecule has 1 saturated heterocycles. The summed E-state index contributed by atoms with van der Waals surface area (Å²) in [6.07, 6.45) is 2.49. The van der Waals surface area contributed by atoms with E-state index in [2.05, 4.69) is 41.5 Å². The molecule has 1 aromatic heterocycles. The predicted molar refractivity (Wildman–Crippen MR) is 94.3 cm³/mol. The molecular formula is C18H22N2OS. The Hall–Kier alpha value is -1.81. The fourth-order valence-corrected chi connectivity index (χ4v) is 3.59. The number of likely N-dealkylation sites (tertiary alicyclic amines) is 1. The zero-order valence-electron chi connectivity index (χ0n) is 13.4. The normalized spacial score (nSPS) is 14.4. The molecule has 2 heterocycles. The second kappa shape index (κ2) is 6.13. The van der Waals surface area contributed by atoms with Gasteiger partial charge in [-0.05, 0) is 57.0 Å². The lowest BCUT2D eigenvalue weighted by Gasteiger charge is -2.18. The van der Waals surface area contributed by atoms with Crippen molar-refractivity contribution in [2.75, 3.05) is 20.2 Å². The number of ether oxygens (including phenoxy) is 1. The van der Waals surface area contributed by atoms with E-state index in [1.165, 1.54) is 29.8 Å². The second-order valence-corrected chi connectivity index (χ2v) is 6.20. The molecule has 0 radical (unpaired) electrons. The number of hydrogen-bond acceptors (Lipinski definition) is 2. The molecule has 0 bridgehead atoms. The molecule has 1 aliphatic heterocycles. The number of benzene rings is 1. The van der Waals surface area contributed by atoms with Gasteiger partial charge >= 0.3 is 0 Å². The van der Waals surface area contributed by atoms with Crippen LogP contribution in [0.2, 0.25) is 0 Å². The highest BCUT2D eigenvalue weighted by atomic mass is 32.1. The van der Waals surface area contributed by atoms with E-state index in [4.69, 9.17) is 17.0 Å². The van der Waals surface area contributed by atoms with Crippen LogP contribution in [0.5, 0.6) is 5.75 Å². The highest BCUT2D eigenvalue weighted by Gasteiger charge is 2.20. The van der Waals surface area contributed by atoms with Crippen LogP contribution in [-0.4, -0.2) is 34.7 Å². The summed E-state index contributed by atoms with van der Waals surface area (Å²) < 4.78 is 7.50. The summed E-state index contributed by atoms with van der Waals surface area (Å²) in [4.78, 5) is 3.32. The molecule has 1 fully saturated rings. The summed E-state index contributed by atoms with van der Waals surface area (Å²) in [5.41, 5.74) is 4.75. The zero-order valence-corrected chi connectivity index (χ0v) is 14.2. The number of aryl methyl sites for hydroxylation is 1. The van der Waals surface area contributed by atoms with Crippen molar-refractivity contribution in [2.24, 2.45) is 0 Å². The number of methoxy groups -OCH3 is 1. The van der Waals surface area contributed by atoms with Gasteiger partial charge in [-0.15, -0.1) is 0 Å². The van der Waals surface area contributed by atoms with Gasteiger partial charge in [-0.1, -0.05) is 12.2 Å². The van der Waals surface area contributed by atoms with Crippen molar-refractivity contribution in [1.82, 2.24) is 9.47 Å². The average Bonchev–Trinajstić information content (AvgIpc) is 3.15. The molecular weight excluding hydrogens is 292 g/mol. The summed E-state index contributed by atoms with van der Waals surface area (Å²) in [7, 11) is 1.69. The van der Waals surface area contributed by atoms with Crippen LogP contribution >= 0.6 is 12.2 Å². The van der Waals surface area contributed by atoms with Crippen LogP contribution in [0.3, 0.4) is 0 Å². The molecule has 0 spiro atoms. The predicted octanol–water partition coefficient (Wildman–Crippen LogP) is 3.87. The van der Waals surface area contributed by atoms with Crippen molar-refractivity contribution in [3.63, 3.8) is 0 Å². The van der Waals surface area contributed by atoms with Gasteiger partial charge in [0.25, 0.3) is 0 Å². The van der Waals surface area contributed by atoms with Crippen molar-refractivity contribution in [2.45, 2.75) is 26.7 Å². The van der Waals surface area contributed by atoms with Gasteiger partial charge in [0.1, 0.15) is 10.7 Å². The van der Waals surface area contributed by atoms with Crippen molar-refractivity contribution in [3.8, 4) is 11.4 Å².